The summed E-state index contributed by atoms with van der Waals surface area (Å²) in [6.07, 6.45) is 1.46. The van der Waals surface area contributed by atoms with E-state index in [1.54, 1.807) is 31.2 Å². The molecule has 0 atom stereocenters. The second-order valence-corrected chi connectivity index (χ2v) is 6.45. The highest BCUT2D eigenvalue weighted by Gasteiger charge is 2.36. The molecule has 28 heavy (non-hydrogen) atoms. The van der Waals surface area contributed by atoms with E-state index in [-0.39, 0.29) is 23.2 Å². The lowest BCUT2D eigenvalue weighted by Gasteiger charge is -2.11. The maximum Gasteiger partial charge on any atom is 0.261 e. The number of carbonyl (C=O) groups is 3. The Bertz CT molecular complexity index is 1110. The Balaban J connectivity index is 1.57. The van der Waals surface area contributed by atoms with Crippen LogP contribution in [0.5, 0.6) is 0 Å². The molecule has 3 aromatic rings. The zero-order chi connectivity index (χ0) is 19.8. The second kappa shape index (κ2) is 6.77. The molecular formula is C21H15FN2O4. The van der Waals surface area contributed by atoms with E-state index in [9.17, 15) is 18.8 Å². The highest BCUT2D eigenvalue weighted by molar-refractivity contribution is 6.22. The molecule has 6 nitrogen and oxygen atoms in total. The average Bonchev–Trinajstić information content (AvgIpc) is 3.28. The smallest absolute Gasteiger partial charge is 0.261 e. The first kappa shape index (κ1) is 17.7. The predicted molar refractivity (Wildman–Crippen MR) is 98.4 cm³/mol. The zero-order valence-corrected chi connectivity index (χ0v) is 14.9. The van der Waals surface area contributed by atoms with Gasteiger partial charge >= 0.3 is 0 Å². The minimum atomic E-state index is -0.504. The fourth-order valence-electron chi connectivity index (χ4n) is 3.01. The minimum absolute atomic E-state index is 0.0174. The van der Waals surface area contributed by atoms with Crippen LogP contribution in [-0.4, -0.2) is 22.6 Å². The number of hydrogen-bond acceptors (Lipinski definition) is 4. The van der Waals surface area contributed by atoms with Crippen molar-refractivity contribution in [1.82, 2.24) is 4.90 Å². The Morgan fingerprint density at radius 2 is 1.86 bits per heavy atom. The lowest BCUT2D eigenvalue weighted by Crippen LogP contribution is -2.28. The second-order valence-electron chi connectivity index (χ2n) is 6.45. The van der Waals surface area contributed by atoms with Crippen molar-refractivity contribution in [1.29, 1.82) is 0 Å². The summed E-state index contributed by atoms with van der Waals surface area (Å²) in [6, 6.07) is 12.0. The molecule has 0 bridgehead atoms. The quantitative estimate of drug-likeness (QED) is 0.701. The first-order valence-electron chi connectivity index (χ1n) is 8.54. The number of amides is 3. The molecule has 1 aromatic heterocycles. The molecule has 0 fully saturated rings. The van der Waals surface area contributed by atoms with E-state index in [0.29, 0.717) is 17.0 Å². The first-order valence-corrected chi connectivity index (χ1v) is 8.54. The maximum absolute atomic E-state index is 13.7. The van der Waals surface area contributed by atoms with Crippen LogP contribution >= 0.6 is 0 Å². The van der Waals surface area contributed by atoms with Gasteiger partial charge in [-0.2, -0.15) is 0 Å². The van der Waals surface area contributed by atoms with E-state index >= 15 is 0 Å². The Hall–Kier alpha value is -3.74. The van der Waals surface area contributed by atoms with Gasteiger partial charge in [-0.3, -0.25) is 19.3 Å². The van der Waals surface area contributed by atoms with Gasteiger partial charge in [0, 0.05) is 11.3 Å². The van der Waals surface area contributed by atoms with Gasteiger partial charge in [0.05, 0.1) is 23.9 Å². The van der Waals surface area contributed by atoms with Crippen molar-refractivity contribution in [3.05, 3.63) is 88.6 Å². The molecule has 0 aliphatic carbocycles. The molecule has 2 aromatic carbocycles. The van der Waals surface area contributed by atoms with Gasteiger partial charge in [0.25, 0.3) is 17.7 Å². The summed E-state index contributed by atoms with van der Waals surface area (Å²) in [6.45, 7) is 1.64. The Labute approximate surface area is 159 Å². The Kier molecular flexibility index (Phi) is 4.27. The van der Waals surface area contributed by atoms with Crippen molar-refractivity contribution in [2.45, 2.75) is 13.5 Å². The number of hydrogen-bond donors (Lipinski definition) is 1. The summed E-state index contributed by atoms with van der Waals surface area (Å²) in [7, 11) is 0. The summed E-state index contributed by atoms with van der Waals surface area (Å²) >= 11 is 0. The molecule has 7 heteroatoms. The number of imide groups is 1. The van der Waals surface area contributed by atoms with Gasteiger partial charge in [-0.15, -0.1) is 0 Å². The van der Waals surface area contributed by atoms with Gasteiger partial charge < -0.3 is 9.73 Å². The zero-order valence-electron chi connectivity index (χ0n) is 14.9. The van der Waals surface area contributed by atoms with Crippen molar-refractivity contribution < 1.29 is 23.2 Å². The monoisotopic (exact) mass is 378 g/mol. The topological polar surface area (TPSA) is 79.6 Å². The lowest BCUT2D eigenvalue weighted by molar-refractivity contribution is 0.0631. The molecular weight excluding hydrogens is 363 g/mol. The van der Waals surface area contributed by atoms with E-state index in [1.807, 2.05) is 0 Å². The molecule has 4 rings (SSSR count). The van der Waals surface area contributed by atoms with Crippen molar-refractivity contribution in [3.8, 4) is 0 Å². The number of halogens is 1. The van der Waals surface area contributed by atoms with Crippen molar-refractivity contribution >= 4 is 23.4 Å². The minimum Gasteiger partial charge on any atom is -0.467 e. The number of nitrogens with one attached hydrogen (secondary N) is 1. The van der Waals surface area contributed by atoms with E-state index in [4.69, 9.17) is 4.42 Å². The van der Waals surface area contributed by atoms with E-state index in [2.05, 4.69) is 5.32 Å². The van der Waals surface area contributed by atoms with Gasteiger partial charge in [-0.05, 0) is 55.0 Å². The molecule has 2 heterocycles. The van der Waals surface area contributed by atoms with Crippen LogP contribution in [-0.2, 0) is 6.54 Å². The van der Waals surface area contributed by atoms with Crippen LogP contribution in [0.2, 0.25) is 0 Å². The summed E-state index contributed by atoms with van der Waals surface area (Å²) in [4.78, 5) is 38.7. The molecule has 1 aliphatic heterocycles. The molecule has 0 radical (unpaired) electrons. The van der Waals surface area contributed by atoms with Gasteiger partial charge in [-0.1, -0.05) is 6.07 Å². The molecule has 0 saturated carbocycles. The van der Waals surface area contributed by atoms with Crippen LogP contribution in [0.15, 0.2) is 59.2 Å². The predicted octanol–water partition coefficient (Wildman–Crippen LogP) is 3.78. The highest BCUT2D eigenvalue weighted by Crippen LogP contribution is 2.26. The van der Waals surface area contributed by atoms with Crippen molar-refractivity contribution in [3.63, 3.8) is 0 Å². The van der Waals surface area contributed by atoms with Crippen molar-refractivity contribution in [2.75, 3.05) is 5.32 Å². The van der Waals surface area contributed by atoms with Crippen LogP contribution in [0, 0.1) is 12.7 Å². The van der Waals surface area contributed by atoms with Crippen LogP contribution in [0.3, 0.4) is 0 Å². The third-order valence-corrected chi connectivity index (χ3v) is 4.56. The summed E-state index contributed by atoms with van der Waals surface area (Å²) in [5.74, 6) is -1.39. The Morgan fingerprint density at radius 1 is 1.07 bits per heavy atom. The third-order valence-electron chi connectivity index (χ3n) is 4.56. The van der Waals surface area contributed by atoms with Gasteiger partial charge in [-0.25, -0.2) is 4.39 Å². The fraction of sp³-hybridized carbons (Fsp3) is 0.0952. The largest absolute Gasteiger partial charge is 0.467 e. The number of furan rings is 1. The summed E-state index contributed by atoms with van der Waals surface area (Å²) < 4.78 is 18.9. The van der Waals surface area contributed by atoms with Crippen LogP contribution in [0.25, 0.3) is 0 Å². The number of carbonyl (C=O) groups excluding carboxylic acids is 3. The molecule has 1 aliphatic rings. The molecule has 140 valence electrons. The third kappa shape index (κ3) is 3.07. The molecule has 0 spiro atoms. The fourth-order valence-corrected chi connectivity index (χ4v) is 3.01. The van der Waals surface area contributed by atoms with E-state index < -0.39 is 23.5 Å². The normalized spacial score (nSPS) is 13.0. The number of anilines is 1. The molecule has 0 unspecified atom stereocenters. The maximum atomic E-state index is 13.7. The number of aryl methyl sites for hydroxylation is 1. The standard InChI is InChI=1S/C21H15FN2O4/c1-12-4-6-14(10-18(12)22)23-19(25)13-5-7-16-17(9-13)21(27)24(20(16)26)11-15-3-2-8-28-15/h2-10H,11H2,1H3,(H,23,25). The number of fused-ring (bicyclic) bond motifs is 1. The van der Waals surface area contributed by atoms with Crippen LogP contribution < -0.4 is 5.32 Å². The lowest BCUT2D eigenvalue weighted by atomic mass is 10.1. The van der Waals surface area contributed by atoms with Crippen LogP contribution in [0.4, 0.5) is 10.1 Å². The number of rotatable bonds is 4. The molecule has 0 saturated heterocycles. The van der Waals surface area contributed by atoms with E-state index in [1.165, 1.54) is 30.5 Å². The summed E-state index contributed by atoms with van der Waals surface area (Å²) in [5.41, 5.74) is 1.35. The van der Waals surface area contributed by atoms with Gasteiger partial charge in [0.1, 0.15) is 11.6 Å². The molecule has 3 amide bonds. The summed E-state index contributed by atoms with van der Waals surface area (Å²) in [5, 5.41) is 2.59. The Morgan fingerprint density at radius 3 is 2.57 bits per heavy atom. The van der Waals surface area contributed by atoms with Crippen molar-refractivity contribution in [2.24, 2.45) is 0 Å². The highest BCUT2D eigenvalue weighted by atomic mass is 19.1. The van der Waals surface area contributed by atoms with Gasteiger partial charge in [0.15, 0.2) is 0 Å². The number of nitrogens with zero attached hydrogens (tertiary/aromatic N) is 1. The van der Waals surface area contributed by atoms with Gasteiger partial charge in [0.2, 0.25) is 0 Å². The van der Waals surface area contributed by atoms with Crippen LogP contribution in [0.1, 0.15) is 42.4 Å². The SMILES string of the molecule is Cc1ccc(NC(=O)c2ccc3c(c2)C(=O)N(Cc2ccco2)C3=O)cc1F. The molecule has 1 N–H and O–H groups in total. The number of benzene rings is 2. The first-order chi connectivity index (χ1) is 13.4. The van der Waals surface area contributed by atoms with E-state index in [0.717, 1.165) is 4.90 Å². The average molecular weight is 378 g/mol.